The van der Waals surface area contributed by atoms with Crippen LogP contribution in [0, 0.1) is 0 Å². The smallest absolute Gasteiger partial charge is 0.275 e. The molecule has 1 unspecified atom stereocenters. The molecule has 2 aromatic carbocycles. The molecule has 6 heteroatoms. The Morgan fingerprint density at radius 2 is 1.82 bits per heavy atom. The van der Waals surface area contributed by atoms with Gasteiger partial charge < -0.3 is 9.47 Å². The number of hydrazine groups is 1. The molecule has 144 valence electrons. The van der Waals surface area contributed by atoms with Gasteiger partial charge in [0, 0.05) is 30.1 Å². The number of hydrogen-bond donors (Lipinski definition) is 1. The average molecular weight is 377 g/mol. The van der Waals surface area contributed by atoms with Crippen molar-refractivity contribution in [2.24, 2.45) is 0 Å². The summed E-state index contributed by atoms with van der Waals surface area (Å²) in [4.78, 5) is 17.3. The van der Waals surface area contributed by atoms with E-state index >= 15 is 0 Å². The van der Waals surface area contributed by atoms with Gasteiger partial charge >= 0.3 is 0 Å². The predicted octanol–water partition coefficient (Wildman–Crippen LogP) is 3.03. The molecular weight excluding hydrogens is 354 g/mol. The number of morpholine rings is 1. The zero-order valence-electron chi connectivity index (χ0n) is 15.8. The van der Waals surface area contributed by atoms with E-state index in [1.54, 1.807) is 6.92 Å². The summed E-state index contributed by atoms with van der Waals surface area (Å²) in [6, 6.07) is 19.6. The minimum atomic E-state index is -0.641. The molecule has 1 fully saturated rings. The monoisotopic (exact) mass is 377 g/mol. The molecule has 1 aromatic heterocycles. The van der Waals surface area contributed by atoms with E-state index in [0.717, 1.165) is 22.2 Å². The number of carbonyl (C=O) groups is 1. The number of benzene rings is 2. The van der Waals surface area contributed by atoms with E-state index in [-0.39, 0.29) is 5.91 Å². The van der Waals surface area contributed by atoms with Crippen molar-refractivity contribution in [1.29, 1.82) is 0 Å². The number of nitrogens with zero attached hydrogens (tertiary/aromatic N) is 2. The van der Waals surface area contributed by atoms with Gasteiger partial charge in [-0.05, 0) is 19.1 Å². The second-order valence-electron chi connectivity index (χ2n) is 6.72. The molecule has 1 N–H and O–H groups in total. The van der Waals surface area contributed by atoms with Crippen molar-refractivity contribution in [1.82, 2.24) is 15.4 Å². The van der Waals surface area contributed by atoms with Crippen LogP contribution in [0.1, 0.15) is 6.92 Å². The van der Waals surface area contributed by atoms with Crippen LogP contribution < -0.4 is 10.2 Å². The lowest BCUT2D eigenvalue weighted by molar-refractivity contribution is -0.134. The van der Waals surface area contributed by atoms with Crippen LogP contribution >= 0.6 is 0 Å². The van der Waals surface area contributed by atoms with Crippen molar-refractivity contribution >= 4 is 16.8 Å². The molecule has 2 heterocycles. The third-order valence-electron chi connectivity index (χ3n) is 4.70. The summed E-state index contributed by atoms with van der Waals surface area (Å²) in [5.74, 6) is 0.470. The number of ether oxygens (including phenoxy) is 2. The van der Waals surface area contributed by atoms with Crippen molar-refractivity contribution in [2.45, 2.75) is 13.0 Å². The molecule has 1 amide bonds. The summed E-state index contributed by atoms with van der Waals surface area (Å²) in [7, 11) is 0. The van der Waals surface area contributed by atoms with Gasteiger partial charge in [0.15, 0.2) is 6.10 Å². The van der Waals surface area contributed by atoms with E-state index in [4.69, 9.17) is 14.5 Å². The molecule has 1 atom stereocenters. The Balaban J connectivity index is 1.59. The van der Waals surface area contributed by atoms with Gasteiger partial charge in [-0.15, -0.1) is 0 Å². The van der Waals surface area contributed by atoms with Crippen LogP contribution in [-0.4, -0.2) is 48.3 Å². The lowest BCUT2D eigenvalue weighted by Crippen LogP contribution is -2.51. The molecule has 0 spiro atoms. The molecule has 6 nitrogen and oxygen atoms in total. The number of aromatic nitrogens is 1. The van der Waals surface area contributed by atoms with Crippen LogP contribution in [0.4, 0.5) is 0 Å². The third-order valence-corrected chi connectivity index (χ3v) is 4.70. The minimum Gasteiger partial charge on any atom is -0.480 e. The lowest BCUT2D eigenvalue weighted by atomic mass is 10.1. The predicted molar refractivity (Wildman–Crippen MR) is 108 cm³/mol. The van der Waals surface area contributed by atoms with Crippen molar-refractivity contribution < 1.29 is 14.3 Å². The van der Waals surface area contributed by atoms with Gasteiger partial charge in [0.2, 0.25) is 0 Å². The van der Waals surface area contributed by atoms with Crippen molar-refractivity contribution in [2.75, 3.05) is 26.3 Å². The highest BCUT2D eigenvalue weighted by Crippen LogP contribution is 2.30. The second kappa shape index (κ2) is 8.37. The quantitative estimate of drug-likeness (QED) is 0.740. The van der Waals surface area contributed by atoms with E-state index in [9.17, 15) is 4.79 Å². The van der Waals surface area contributed by atoms with Crippen LogP contribution in [0.3, 0.4) is 0 Å². The summed E-state index contributed by atoms with van der Waals surface area (Å²) in [6.45, 7) is 4.34. The fourth-order valence-electron chi connectivity index (χ4n) is 3.16. The minimum absolute atomic E-state index is 0.177. The normalized spacial score (nSPS) is 15.9. The van der Waals surface area contributed by atoms with Gasteiger partial charge in [-0.25, -0.2) is 9.99 Å². The zero-order valence-corrected chi connectivity index (χ0v) is 15.8. The molecule has 0 bridgehead atoms. The van der Waals surface area contributed by atoms with E-state index in [2.05, 4.69) is 5.43 Å². The van der Waals surface area contributed by atoms with E-state index in [1.165, 1.54) is 0 Å². The van der Waals surface area contributed by atoms with Crippen LogP contribution in [0.2, 0.25) is 0 Å². The van der Waals surface area contributed by atoms with E-state index in [1.807, 2.05) is 65.7 Å². The molecular formula is C22H23N3O3. The molecule has 0 radical (unpaired) electrons. The maximum atomic E-state index is 12.6. The number of fused-ring (bicyclic) bond motifs is 1. The van der Waals surface area contributed by atoms with Crippen molar-refractivity contribution in [3.8, 4) is 17.0 Å². The number of para-hydroxylation sites is 1. The van der Waals surface area contributed by atoms with Crippen molar-refractivity contribution in [3.63, 3.8) is 0 Å². The highest BCUT2D eigenvalue weighted by atomic mass is 16.5. The summed E-state index contributed by atoms with van der Waals surface area (Å²) in [5.41, 5.74) is 5.56. The number of carbonyl (C=O) groups excluding carboxylic acids is 1. The van der Waals surface area contributed by atoms with Gasteiger partial charge in [-0.2, -0.15) is 0 Å². The standard InChI is InChI=1S/C22H23N3O3/c1-16(22(26)24-25-11-13-27-14-12-25)28-21-15-20(17-7-3-2-4-8-17)23-19-10-6-5-9-18(19)21/h2-10,15-16H,11-14H2,1H3,(H,24,26). The SMILES string of the molecule is CC(Oc1cc(-c2ccccc2)nc2ccccc12)C(=O)NN1CCOCC1. The number of nitrogens with one attached hydrogen (secondary N) is 1. The maximum absolute atomic E-state index is 12.6. The lowest BCUT2D eigenvalue weighted by Gasteiger charge is -2.28. The van der Waals surface area contributed by atoms with Gasteiger partial charge in [-0.3, -0.25) is 10.2 Å². The largest absolute Gasteiger partial charge is 0.480 e. The van der Waals surface area contributed by atoms with Crippen LogP contribution in [0.15, 0.2) is 60.7 Å². The van der Waals surface area contributed by atoms with Gasteiger partial charge in [0.05, 0.1) is 24.4 Å². The van der Waals surface area contributed by atoms with E-state index < -0.39 is 6.10 Å². The topological polar surface area (TPSA) is 63.7 Å². The Kier molecular flexibility index (Phi) is 5.50. The van der Waals surface area contributed by atoms with Crippen LogP contribution in [0.5, 0.6) is 5.75 Å². The first-order valence-corrected chi connectivity index (χ1v) is 9.46. The Morgan fingerprint density at radius 1 is 1.11 bits per heavy atom. The molecule has 4 rings (SSSR count). The Bertz CT molecular complexity index is 956. The first kappa shape index (κ1) is 18.4. The van der Waals surface area contributed by atoms with Gasteiger partial charge in [0.25, 0.3) is 5.91 Å². The first-order chi connectivity index (χ1) is 13.7. The summed E-state index contributed by atoms with van der Waals surface area (Å²) >= 11 is 0. The third kappa shape index (κ3) is 4.13. The van der Waals surface area contributed by atoms with E-state index in [0.29, 0.717) is 32.1 Å². The average Bonchev–Trinajstić information content (AvgIpc) is 2.75. The van der Waals surface area contributed by atoms with Crippen LogP contribution in [-0.2, 0) is 9.53 Å². The van der Waals surface area contributed by atoms with Crippen molar-refractivity contribution in [3.05, 3.63) is 60.7 Å². The number of hydrogen-bond acceptors (Lipinski definition) is 5. The zero-order chi connectivity index (χ0) is 19.3. The molecule has 0 aliphatic carbocycles. The highest BCUT2D eigenvalue weighted by Gasteiger charge is 2.20. The highest BCUT2D eigenvalue weighted by molar-refractivity contribution is 5.88. The van der Waals surface area contributed by atoms with Crippen LogP contribution in [0.25, 0.3) is 22.2 Å². The Morgan fingerprint density at radius 3 is 2.61 bits per heavy atom. The first-order valence-electron chi connectivity index (χ1n) is 9.46. The Labute approximate surface area is 164 Å². The molecule has 1 saturated heterocycles. The molecule has 3 aromatic rings. The number of amides is 1. The second-order valence-corrected chi connectivity index (χ2v) is 6.72. The number of pyridine rings is 1. The Hall–Kier alpha value is -2.96. The maximum Gasteiger partial charge on any atom is 0.275 e. The fraction of sp³-hybridized carbons (Fsp3) is 0.273. The van der Waals surface area contributed by atoms with Gasteiger partial charge in [0.1, 0.15) is 5.75 Å². The molecule has 28 heavy (non-hydrogen) atoms. The molecule has 0 saturated carbocycles. The molecule has 1 aliphatic heterocycles. The summed E-state index contributed by atoms with van der Waals surface area (Å²) in [5, 5.41) is 2.75. The summed E-state index contributed by atoms with van der Waals surface area (Å²) in [6.07, 6.45) is -0.641. The molecule has 1 aliphatic rings. The number of rotatable bonds is 5. The van der Waals surface area contributed by atoms with Gasteiger partial charge in [-0.1, -0.05) is 42.5 Å². The summed E-state index contributed by atoms with van der Waals surface area (Å²) < 4.78 is 11.4. The fourth-order valence-corrected chi connectivity index (χ4v) is 3.16.